The van der Waals surface area contributed by atoms with Crippen molar-refractivity contribution >= 4 is 34.9 Å². The Morgan fingerprint density at radius 1 is 0.980 bits per heavy atom. The Bertz CT molecular complexity index is 1800. The maximum Gasteiger partial charge on any atom is 0.253 e. The zero-order valence-electron chi connectivity index (χ0n) is 28.4. The smallest absolute Gasteiger partial charge is 0.253 e. The van der Waals surface area contributed by atoms with Crippen molar-refractivity contribution in [1.82, 2.24) is 24.7 Å². The van der Waals surface area contributed by atoms with Crippen molar-refractivity contribution < 1.29 is 13.9 Å². The Balaban J connectivity index is 1.13. The van der Waals surface area contributed by atoms with Crippen LogP contribution >= 0.6 is 11.6 Å². The Kier molecular flexibility index (Phi) is 11.2. The van der Waals surface area contributed by atoms with Crippen LogP contribution in [0.1, 0.15) is 53.7 Å². The fourth-order valence-electron chi connectivity index (χ4n) is 6.54. The first-order valence-electron chi connectivity index (χ1n) is 17.0. The highest BCUT2D eigenvalue weighted by molar-refractivity contribution is 6.31. The minimum atomic E-state index is -0.440. The highest BCUT2D eigenvalue weighted by Gasteiger charge is 2.26. The van der Waals surface area contributed by atoms with Gasteiger partial charge in [0.2, 0.25) is 5.95 Å². The number of nitrogens with one attached hydrogen (secondary N) is 1. The number of halogens is 2. The number of anilines is 2. The average molecular weight is 684 g/mol. The normalized spacial score (nSPS) is 14.6. The van der Waals surface area contributed by atoms with E-state index >= 15 is 4.39 Å². The van der Waals surface area contributed by atoms with Crippen LogP contribution in [0.25, 0.3) is 11.3 Å². The monoisotopic (exact) mass is 683 g/mol. The van der Waals surface area contributed by atoms with E-state index in [1.165, 1.54) is 26.0 Å². The van der Waals surface area contributed by atoms with Crippen LogP contribution in [0.5, 0.6) is 5.75 Å². The van der Waals surface area contributed by atoms with Gasteiger partial charge in [-0.15, -0.1) is 0 Å². The van der Waals surface area contributed by atoms with E-state index in [0.717, 1.165) is 69.2 Å². The molecule has 1 saturated heterocycles. The van der Waals surface area contributed by atoms with Crippen LogP contribution in [0.15, 0.2) is 71.9 Å². The van der Waals surface area contributed by atoms with E-state index in [2.05, 4.69) is 33.9 Å². The largest absolute Gasteiger partial charge is 0.496 e. The van der Waals surface area contributed by atoms with Gasteiger partial charge < -0.3 is 19.9 Å². The molecule has 1 amide bonds. The van der Waals surface area contributed by atoms with Crippen molar-refractivity contribution in [3.63, 3.8) is 0 Å². The molecule has 0 aliphatic carbocycles. The van der Waals surface area contributed by atoms with Crippen molar-refractivity contribution in [2.75, 3.05) is 64.8 Å². The zero-order valence-corrected chi connectivity index (χ0v) is 29.1. The van der Waals surface area contributed by atoms with E-state index in [9.17, 15) is 4.79 Å². The number of benzene rings is 3. The molecule has 1 fully saturated rings. The molecule has 0 bridgehead atoms. The second-order valence-electron chi connectivity index (χ2n) is 12.4. The van der Waals surface area contributed by atoms with Crippen molar-refractivity contribution in [3.05, 3.63) is 100.0 Å². The van der Waals surface area contributed by atoms with Gasteiger partial charge in [0.15, 0.2) is 0 Å². The molecule has 11 heteroatoms. The molecule has 6 rings (SSSR count). The lowest BCUT2D eigenvalue weighted by molar-refractivity contribution is 0.0623. The maximum absolute atomic E-state index is 15.2. The fourth-order valence-corrected chi connectivity index (χ4v) is 6.71. The van der Waals surface area contributed by atoms with Crippen molar-refractivity contribution in [2.24, 2.45) is 4.99 Å². The molecule has 0 saturated carbocycles. The van der Waals surface area contributed by atoms with Gasteiger partial charge in [-0.25, -0.2) is 14.4 Å². The van der Waals surface area contributed by atoms with E-state index in [1.54, 1.807) is 30.5 Å². The van der Waals surface area contributed by atoms with Gasteiger partial charge >= 0.3 is 0 Å². The lowest BCUT2D eigenvalue weighted by Crippen LogP contribution is -2.50. The second-order valence-corrected chi connectivity index (χ2v) is 12.9. The average Bonchev–Trinajstić information content (AvgIpc) is 3.27. The van der Waals surface area contributed by atoms with Crippen LogP contribution in [0, 0.1) is 5.82 Å². The van der Waals surface area contributed by atoms with Crippen LogP contribution < -0.4 is 10.1 Å². The van der Waals surface area contributed by atoms with Gasteiger partial charge in [-0.2, -0.15) is 0 Å². The summed E-state index contributed by atoms with van der Waals surface area (Å²) in [7, 11) is 1.51. The van der Waals surface area contributed by atoms with Crippen LogP contribution in [-0.4, -0.2) is 95.8 Å². The van der Waals surface area contributed by atoms with E-state index in [4.69, 9.17) is 26.3 Å². The third kappa shape index (κ3) is 7.93. The van der Waals surface area contributed by atoms with Gasteiger partial charge in [0.1, 0.15) is 11.6 Å². The third-order valence-corrected chi connectivity index (χ3v) is 9.29. The van der Waals surface area contributed by atoms with E-state index in [0.29, 0.717) is 39.3 Å². The molecule has 9 nitrogen and oxygen atoms in total. The Hall–Kier alpha value is -4.38. The molecule has 4 aromatic rings. The topological polar surface area (TPSA) is 86.2 Å². The standard InChI is InChI=1S/C38H43ClFN7O2/c1-4-15-45(16-5-2)17-18-46-19-21-47(22-20-46)37(48)26-9-12-29(13-10-26)43-38-42-25-27-24-41-36(34-32(40)7-6-8-33(34)49-3)31-23-28(39)11-14-30(31)35(27)44-38/h6-14,23,25H,4-5,15-22,24H2,1-3H3,(H,42,43,44). The molecule has 0 unspecified atom stereocenters. The number of carbonyl (C=O) groups is 1. The molecule has 2 aliphatic heterocycles. The van der Waals surface area contributed by atoms with Crippen LogP contribution in [-0.2, 0) is 6.54 Å². The molecule has 0 spiro atoms. The number of methoxy groups -OCH3 is 1. The summed E-state index contributed by atoms with van der Waals surface area (Å²) in [5, 5.41) is 3.77. The second kappa shape index (κ2) is 15.9. The minimum absolute atomic E-state index is 0.0450. The summed E-state index contributed by atoms with van der Waals surface area (Å²) in [6.45, 7) is 12.4. The molecule has 0 radical (unpaired) electrons. The van der Waals surface area contributed by atoms with E-state index < -0.39 is 5.82 Å². The summed E-state index contributed by atoms with van der Waals surface area (Å²) in [6.07, 6.45) is 4.08. The number of amides is 1. The number of aliphatic imine (C=N–C) groups is 1. The van der Waals surface area contributed by atoms with Crippen LogP contribution in [0.4, 0.5) is 16.0 Å². The number of aromatic nitrogens is 2. The number of fused-ring (bicyclic) bond motifs is 3. The molecule has 2 aliphatic rings. The first kappa shape index (κ1) is 34.5. The first-order chi connectivity index (χ1) is 23.9. The molecule has 0 atom stereocenters. The highest BCUT2D eigenvalue weighted by atomic mass is 35.5. The summed E-state index contributed by atoms with van der Waals surface area (Å²) >= 11 is 6.44. The molecule has 1 aromatic heterocycles. The number of piperazine rings is 1. The van der Waals surface area contributed by atoms with E-state index in [-0.39, 0.29) is 18.0 Å². The van der Waals surface area contributed by atoms with Crippen LogP contribution in [0.2, 0.25) is 5.02 Å². The maximum atomic E-state index is 15.2. The minimum Gasteiger partial charge on any atom is -0.496 e. The summed E-state index contributed by atoms with van der Waals surface area (Å²) in [4.78, 5) is 34.5. The first-order valence-corrected chi connectivity index (χ1v) is 17.4. The number of ether oxygens (including phenoxy) is 1. The van der Waals surface area contributed by atoms with Crippen LogP contribution in [0.3, 0.4) is 0 Å². The third-order valence-electron chi connectivity index (χ3n) is 9.06. The van der Waals surface area contributed by atoms with Gasteiger partial charge in [-0.3, -0.25) is 14.7 Å². The number of hydrogen-bond donors (Lipinski definition) is 1. The lowest BCUT2D eigenvalue weighted by atomic mass is 9.94. The number of carbonyl (C=O) groups excluding carboxylic acids is 1. The van der Waals surface area contributed by atoms with Gasteiger partial charge in [-0.05, 0) is 74.5 Å². The van der Waals surface area contributed by atoms with Gasteiger partial charge in [-0.1, -0.05) is 37.6 Å². The Morgan fingerprint density at radius 3 is 2.45 bits per heavy atom. The quantitative estimate of drug-likeness (QED) is 0.174. The molecule has 3 heterocycles. The van der Waals surface area contributed by atoms with Crippen molar-refractivity contribution in [1.29, 1.82) is 0 Å². The van der Waals surface area contributed by atoms with Gasteiger partial charge in [0.25, 0.3) is 5.91 Å². The predicted molar refractivity (Wildman–Crippen MR) is 194 cm³/mol. The van der Waals surface area contributed by atoms with Crippen molar-refractivity contribution in [2.45, 2.75) is 33.2 Å². The van der Waals surface area contributed by atoms with Gasteiger partial charge in [0.05, 0.1) is 30.6 Å². The Morgan fingerprint density at radius 2 is 1.73 bits per heavy atom. The highest BCUT2D eigenvalue weighted by Crippen LogP contribution is 2.36. The molecule has 3 aromatic carbocycles. The Labute approximate surface area is 292 Å². The summed E-state index contributed by atoms with van der Waals surface area (Å²) in [6, 6.07) is 17.5. The fraction of sp³-hybridized carbons (Fsp3) is 0.368. The predicted octanol–water partition coefficient (Wildman–Crippen LogP) is 6.92. The molecule has 1 N–H and O–H groups in total. The molecule has 256 valence electrons. The van der Waals surface area contributed by atoms with E-state index in [1.807, 2.05) is 35.2 Å². The summed E-state index contributed by atoms with van der Waals surface area (Å²) in [5.41, 5.74) is 4.98. The number of rotatable bonds is 12. The lowest BCUT2D eigenvalue weighted by Gasteiger charge is -2.36. The van der Waals surface area contributed by atoms with Gasteiger partial charge in [0, 0.05) is 78.4 Å². The molecular weight excluding hydrogens is 641 g/mol. The SMILES string of the molecule is CCCN(CCC)CCN1CCN(C(=O)c2ccc(Nc3ncc4c(n3)-c3ccc(Cl)cc3C(c3c(F)cccc3OC)=NC4)cc2)CC1. The van der Waals surface area contributed by atoms with Crippen molar-refractivity contribution in [3.8, 4) is 17.0 Å². The summed E-state index contributed by atoms with van der Waals surface area (Å²) < 4.78 is 20.7. The number of nitrogens with zero attached hydrogens (tertiary/aromatic N) is 6. The summed E-state index contributed by atoms with van der Waals surface area (Å²) in [5.74, 6) is 0.371. The molecular formula is C38H43ClFN7O2. The zero-order chi connectivity index (χ0) is 34.3. The molecule has 49 heavy (non-hydrogen) atoms. The number of hydrogen-bond acceptors (Lipinski definition) is 8.